The van der Waals surface area contributed by atoms with Crippen molar-refractivity contribution in [1.29, 1.82) is 0 Å². The van der Waals surface area contributed by atoms with E-state index in [0.29, 0.717) is 5.56 Å². The van der Waals surface area contributed by atoms with Crippen LogP contribution in [-0.4, -0.2) is 36.8 Å². The van der Waals surface area contributed by atoms with Gasteiger partial charge in [0, 0.05) is 11.6 Å². The van der Waals surface area contributed by atoms with Crippen LogP contribution in [0, 0.1) is 0 Å². The molecule has 1 aliphatic heterocycles. The van der Waals surface area contributed by atoms with Gasteiger partial charge in [-0.3, -0.25) is 9.10 Å². The molecule has 0 unspecified atom stereocenters. The van der Waals surface area contributed by atoms with E-state index in [2.05, 4.69) is 0 Å². The molecule has 0 amide bonds. The third kappa shape index (κ3) is 2.84. The van der Waals surface area contributed by atoms with Crippen molar-refractivity contribution in [2.75, 3.05) is 7.11 Å². The Morgan fingerprint density at radius 2 is 1.85 bits per heavy atom. The minimum atomic E-state index is -3.84. The van der Waals surface area contributed by atoms with Gasteiger partial charge in [-0.15, -0.1) is 0 Å². The van der Waals surface area contributed by atoms with Gasteiger partial charge in [-0.25, -0.2) is 8.42 Å². The number of allylic oxidation sites excluding steroid dienone is 1. The van der Waals surface area contributed by atoms with Gasteiger partial charge in [-0.1, -0.05) is 18.2 Å². The number of hydrogen-bond acceptors (Lipinski definition) is 5. The highest BCUT2D eigenvalue weighted by atomic mass is 32.2. The van der Waals surface area contributed by atoms with Crippen molar-refractivity contribution in [3.8, 4) is 11.5 Å². The monoisotopic (exact) mass is 373 g/mol. The van der Waals surface area contributed by atoms with Crippen LogP contribution in [0.5, 0.6) is 11.5 Å². The van der Waals surface area contributed by atoms with Gasteiger partial charge in [-0.2, -0.15) is 0 Å². The maximum absolute atomic E-state index is 13.0. The normalized spacial score (nSPS) is 17.5. The quantitative estimate of drug-likeness (QED) is 0.836. The number of phenols is 1. The van der Waals surface area contributed by atoms with Gasteiger partial charge in [0.1, 0.15) is 5.70 Å². The number of ether oxygens (including phenoxy) is 1. The molecule has 0 saturated heterocycles. The van der Waals surface area contributed by atoms with Crippen LogP contribution < -0.4 is 4.74 Å². The fraction of sp³-hybridized carbons (Fsp3) is 0.211. The Labute approximate surface area is 152 Å². The van der Waals surface area contributed by atoms with Gasteiger partial charge in [0.15, 0.2) is 11.5 Å². The summed E-state index contributed by atoms with van der Waals surface area (Å²) in [4.78, 5) is 13.0. The number of carbonyl (C=O) groups excluding carboxylic acids is 1. The summed E-state index contributed by atoms with van der Waals surface area (Å²) in [6, 6.07) is 10.3. The third-order valence-corrected chi connectivity index (χ3v) is 6.16. The molecule has 1 aliphatic rings. The number of hydrogen-bond donors (Lipinski definition) is 1. The lowest BCUT2D eigenvalue weighted by Crippen LogP contribution is -2.43. The molecule has 0 bridgehead atoms. The van der Waals surface area contributed by atoms with Crippen LogP contribution in [0.15, 0.2) is 53.1 Å². The van der Waals surface area contributed by atoms with E-state index < -0.39 is 16.1 Å². The Morgan fingerprint density at radius 1 is 1.15 bits per heavy atom. The summed E-state index contributed by atoms with van der Waals surface area (Å²) < 4.78 is 32.3. The average Bonchev–Trinajstić information content (AvgIpc) is 2.60. The second kappa shape index (κ2) is 6.49. The Morgan fingerprint density at radius 3 is 2.50 bits per heavy atom. The van der Waals surface area contributed by atoms with Gasteiger partial charge in [0.05, 0.1) is 12.0 Å². The summed E-state index contributed by atoms with van der Waals surface area (Å²) in [6.45, 7) is 3.42. The number of ketones is 1. The van der Waals surface area contributed by atoms with Crippen LogP contribution in [0.25, 0.3) is 6.08 Å². The predicted octanol–water partition coefficient (Wildman–Crippen LogP) is 3.04. The molecular formula is C19H19NO5S. The minimum Gasteiger partial charge on any atom is -0.504 e. The van der Waals surface area contributed by atoms with Crippen LogP contribution in [0.1, 0.15) is 29.8 Å². The van der Waals surface area contributed by atoms with Crippen LogP contribution >= 0.6 is 0 Å². The molecule has 0 aliphatic carbocycles. The number of Topliss-reactive ketones (excluding diaryl/α,β-unsaturated/α-hetero) is 1. The molecule has 26 heavy (non-hydrogen) atoms. The van der Waals surface area contributed by atoms with Crippen molar-refractivity contribution < 1.29 is 23.1 Å². The Balaban J connectivity index is 2.24. The van der Waals surface area contributed by atoms with Crippen LogP contribution in [0.2, 0.25) is 0 Å². The molecular weight excluding hydrogens is 354 g/mol. The number of phenolic OH excluding ortho intramolecular Hbond substituents is 1. The van der Waals surface area contributed by atoms with Gasteiger partial charge in [0.2, 0.25) is 5.78 Å². The molecule has 136 valence electrons. The maximum atomic E-state index is 13.0. The smallest absolute Gasteiger partial charge is 0.265 e. The number of aromatic hydroxyl groups is 1. The Bertz CT molecular complexity index is 1010. The zero-order valence-corrected chi connectivity index (χ0v) is 15.4. The standard InChI is InChI=1S/C19H19NO5S/c1-12(2)20-15(10-13-8-9-16(21)17(11-13)25-3)19(22)14-6-4-5-7-18(14)26(20,23)24/h4-12,21H,1-3H3. The molecule has 2 aromatic rings. The second-order valence-corrected chi connectivity index (χ2v) is 7.96. The van der Waals surface area contributed by atoms with Gasteiger partial charge < -0.3 is 9.84 Å². The summed E-state index contributed by atoms with van der Waals surface area (Å²) in [6.07, 6.45) is 1.50. The van der Waals surface area contributed by atoms with E-state index in [0.717, 1.165) is 4.31 Å². The molecule has 6 nitrogen and oxygen atoms in total. The first-order chi connectivity index (χ1) is 12.3. The molecule has 2 aromatic carbocycles. The van der Waals surface area contributed by atoms with Crippen molar-refractivity contribution in [3.05, 3.63) is 59.3 Å². The number of sulfonamides is 1. The van der Waals surface area contributed by atoms with Gasteiger partial charge in [-0.05, 0) is 49.8 Å². The lowest BCUT2D eigenvalue weighted by Gasteiger charge is -2.34. The van der Waals surface area contributed by atoms with Crippen molar-refractivity contribution in [3.63, 3.8) is 0 Å². The number of rotatable bonds is 3. The van der Waals surface area contributed by atoms with Gasteiger partial charge >= 0.3 is 0 Å². The van der Waals surface area contributed by atoms with E-state index >= 15 is 0 Å². The van der Waals surface area contributed by atoms with E-state index in [9.17, 15) is 18.3 Å². The number of methoxy groups -OCH3 is 1. The number of benzene rings is 2. The number of carbonyl (C=O) groups is 1. The van der Waals surface area contributed by atoms with E-state index in [1.165, 1.54) is 31.4 Å². The highest BCUT2D eigenvalue weighted by Crippen LogP contribution is 2.35. The first kappa shape index (κ1) is 18.0. The van der Waals surface area contributed by atoms with Crippen LogP contribution in [-0.2, 0) is 10.0 Å². The van der Waals surface area contributed by atoms with E-state index in [-0.39, 0.29) is 33.4 Å². The largest absolute Gasteiger partial charge is 0.504 e. The van der Waals surface area contributed by atoms with Crippen molar-refractivity contribution >= 4 is 21.9 Å². The molecule has 0 atom stereocenters. The summed E-state index contributed by atoms with van der Waals surface area (Å²) in [5, 5.41) is 9.73. The molecule has 3 rings (SSSR count). The molecule has 0 saturated carbocycles. The first-order valence-corrected chi connectivity index (χ1v) is 9.48. The average molecular weight is 373 g/mol. The Hall–Kier alpha value is -2.80. The summed E-state index contributed by atoms with van der Waals surface area (Å²) >= 11 is 0. The fourth-order valence-corrected chi connectivity index (χ4v) is 4.83. The van der Waals surface area contributed by atoms with E-state index in [1.54, 1.807) is 38.1 Å². The summed E-state index contributed by atoms with van der Waals surface area (Å²) in [7, 11) is -2.43. The van der Waals surface area contributed by atoms with Crippen LogP contribution in [0.4, 0.5) is 0 Å². The molecule has 1 N–H and O–H groups in total. The minimum absolute atomic E-state index is 0.0131. The highest BCUT2D eigenvalue weighted by molar-refractivity contribution is 7.89. The lowest BCUT2D eigenvalue weighted by molar-refractivity contribution is 0.0996. The first-order valence-electron chi connectivity index (χ1n) is 8.04. The fourth-order valence-electron chi connectivity index (χ4n) is 2.98. The number of nitrogens with zero attached hydrogens (tertiary/aromatic N) is 1. The zero-order valence-electron chi connectivity index (χ0n) is 14.6. The molecule has 1 heterocycles. The lowest BCUT2D eigenvalue weighted by atomic mass is 10.0. The van der Waals surface area contributed by atoms with Crippen molar-refractivity contribution in [1.82, 2.24) is 4.31 Å². The van der Waals surface area contributed by atoms with Crippen molar-refractivity contribution in [2.45, 2.75) is 24.8 Å². The van der Waals surface area contributed by atoms with E-state index in [1.807, 2.05) is 0 Å². The molecule has 0 radical (unpaired) electrons. The predicted molar refractivity (Wildman–Crippen MR) is 97.6 cm³/mol. The third-order valence-electron chi connectivity index (χ3n) is 4.11. The molecule has 0 spiro atoms. The van der Waals surface area contributed by atoms with Crippen LogP contribution in [0.3, 0.4) is 0 Å². The zero-order chi connectivity index (χ0) is 19.1. The summed E-state index contributed by atoms with van der Waals surface area (Å²) in [5.41, 5.74) is 0.760. The molecule has 7 heteroatoms. The second-order valence-electron chi connectivity index (χ2n) is 6.18. The Kier molecular flexibility index (Phi) is 4.50. The molecule has 0 fully saturated rings. The highest BCUT2D eigenvalue weighted by Gasteiger charge is 2.40. The maximum Gasteiger partial charge on any atom is 0.265 e. The SMILES string of the molecule is COc1cc(C=C2C(=O)c3ccccc3S(=O)(=O)N2C(C)C)ccc1O. The van der Waals surface area contributed by atoms with Gasteiger partial charge in [0.25, 0.3) is 10.0 Å². The molecule has 0 aromatic heterocycles. The number of fused-ring (bicyclic) bond motifs is 1. The topological polar surface area (TPSA) is 83.9 Å². The van der Waals surface area contributed by atoms with E-state index in [4.69, 9.17) is 4.74 Å². The summed E-state index contributed by atoms with van der Waals surface area (Å²) in [5.74, 6) is -0.165. The van der Waals surface area contributed by atoms with Crippen molar-refractivity contribution in [2.24, 2.45) is 0 Å².